The molecular formula is C7H15N5. The highest BCUT2D eigenvalue weighted by atomic mass is 15.4. The van der Waals surface area contributed by atoms with Crippen molar-refractivity contribution in [1.29, 1.82) is 0 Å². The Morgan fingerprint density at radius 1 is 1.50 bits per heavy atom. The van der Waals surface area contributed by atoms with E-state index >= 15 is 0 Å². The molecule has 0 fully saturated rings. The molecule has 0 bridgehead atoms. The smallest absolute Gasteiger partial charge is 0.240 e. The maximum Gasteiger partial charge on any atom is 0.240 e. The van der Waals surface area contributed by atoms with Crippen LogP contribution in [0, 0.1) is 5.92 Å². The topological polar surface area (TPSA) is 82.8 Å². The van der Waals surface area contributed by atoms with Crippen molar-refractivity contribution in [2.75, 3.05) is 11.6 Å². The minimum absolute atomic E-state index is 0.272. The molecule has 1 heterocycles. The molecule has 0 aliphatic rings. The van der Waals surface area contributed by atoms with E-state index < -0.39 is 0 Å². The molecule has 0 saturated carbocycles. The number of hydrogen-bond donors (Lipinski definition) is 2. The summed E-state index contributed by atoms with van der Waals surface area (Å²) in [5.41, 5.74) is 5.42. The Labute approximate surface area is 71.7 Å². The molecule has 5 nitrogen and oxygen atoms in total. The van der Waals surface area contributed by atoms with Gasteiger partial charge in [-0.05, 0) is 5.92 Å². The number of nitrogens with two attached hydrogens (primary N) is 2. The third kappa shape index (κ3) is 1.66. The maximum atomic E-state index is 5.57. The second kappa shape index (κ2) is 3.42. The first kappa shape index (κ1) is 8.83. The summed E-state index contributed by atoms with van der Waals surface area (Å²) < 4.78 is 1.34. The molecule has 1 rings (SSSR count). The monoisotopic (exact) mass is 169 g/mol. The van der Waals surface area contributed by atoms with Gasteiger partial charge in [-0.2, -0.15) is 0 Å². The van der Waals surface area contributed by atoms with Gasteiger partial charge in [0, 0.05) is 6.42 Å². The van der Waals surface area contributed by atoms with Crippen molar-refractivity contribution in [3.8, 4) is 0 Å². The fraction of sp³-hybridized carbons (Fsp3) is 0.714. The van der Waals surface area contributed by atoms with E-state index in [9.17, 15) is 0 Å². The van der Waals surface area contributed by atoms with E-state index in [0.717, 1.165) is 18.7 Å². The number of nitrogen functional groups attached to an aromatic ring is 2. The van der Waals surface area contributed by atoms with Crippen molar-refractivity contribution in [2.24, 2.45) is 5.92 Å². The second-order valence-electron chi connectivity index (χ2n) is 3.06. The third-order valence-electron chi connectivity index (χ3n) is 2.02. The van der Waals surface area contributed by atoms with Crippen LogP contribution < -0.4 is 11.6 Å². The summed E-state index contributed by atoms with van der Waals surface area (Å²) in [6, 6.07) is 0. The van der Waals surface area contributed by atoms with E-state index in [4.69, 9.17) is 11.6 Å². The van der Waals surface area contributed by atoms with E-state index in [1.807, 2.05) is 0 Å². The van der Waals surface area contributed by atoms with Crippen LogP contribution in [-0.2, 0) is 6.42 Å². The number of nitrogens with zero attached hydrogens (tertiary/aromatic N) is 3. The molecule has 68 valence electrons. The number of anilines is 1. The predicted molar refractivity (Wildman–Crippen MR) is 47.7 cm³/mol. The lowest BCUT2D eigenvalue weighted by atomic mass is 10.1. The SMILES string of the molecule is CCC(C)Cc1nnc(N)n1N. The summed E-state index contributed by atoms with van der Waals surface area (Å²) in [5, 5.41) is 7.54. The Hall–Kier alpha value is -1.26. The summed E-state index contributed by atoms with van der Waals surface area (Å²) in [4.78, 5) is 0. The van der Waals surface area contributed by atoms with E-state index in [0.29, 0.717) is 5.92 Å². The number of rotatable bonds is 3. The molecule has 1 aromatic rings. The van der Waals surface area contributed by atoms with Crippen molar-refractivity contribution < 1.29 is 0 Å². The highest BCUT2D eigenvalue weighted by Gasteiger charge is 2.09. The average molecular weight is 169 g/mol. The molecule has 1 unspecified atom stereocenters. The fourth-order valence-corrected chi connectivity index (χ4v) is 0.933. The largest absolute Gasteiger partial charge is 0.366 e. The summed E-state index contributed by atoms with van der Waals surface area (Å²) in [6.45, 7) is 4.27. The van der Waals surface area contributed by atoms with Gasteiger partial charge in [0.15, 0.2) is 5.82 Å². The lowest BCUT2D eigenvalue weighted by molar-refractivity contribution is 0.536. The van der Waals surface area contributed by atoms with Crippen LogP contribution in [0.3, 0.4) is 0 Å². The lowest BCUT2D eigenvalue weighted by Crippen LogP contribution is -2.17. The van der Waals surface area contributed by atoms with Gasteiger partial charge >= 0.3 is 0 Å². The van der Waals surface area contributed by atoms with Gasteiger partial charge in [-0.15, -0.1) is 10.2 Å². The van der Waals surface area contributed by atoms with Gasteiger partial charge < -0.3 is 11.6 Å². The molecule has 0 aliphatic carbocycles. The summed E-state index contributed by atoms with van der Waals surface area (Å²) in [5.74, 6) is 7.16. The Kier molecular flexibility index (Phi) is 2.52. The molecule has 0 aliphatic heterocycles. The Bertz CT molecular complexity index is 254. The van der Waals surface area contributed by atoms with Crippen molar-refractivity contribution >= 4 is 5.95 Å². The van der Waals surface area contributed by atoms with Gasteiger partial charge in [0.25, 0.3) is 0 Å². The van der Waals surface area contributed by atoms with Crippen LogP contribution in [0.2, 0.25) is 0 Å². The molecule has 5 heteroatoms. The predicted octanol–water partition coefficient (Wildman–Crippen LogP) is 0.163. The van der Waals surface area contributed by atoms with Crippen LogP contribution in [0.1, 0.15) is 26.1 Å². The van der Waals surface area contributed by atoms with Gasteiger partial charge in [-0.25, -0.2) is 4.68 Å². The van der Waals surface area contributed by atoms with Crippen molar-refractivity contribution in [3.05, 3.63) is 5.82 Å². The van der Waals surface area contributed by atoms with Crippen LogP contribution in [0.25, 0.3) is 0 Å². The first-order chi connectivity index (χ1) is 5.65. The molecule has 0 amide bonds. The molecule has 0 aromatic carbocycles. The standard InChI is InChI=1S/C7H15N5/c1-3-5(2)4-6-10-11-7(8)12(6)9/h5H,3-4,9H2,1-2H3,(H2,8,11). The Morgan fingerprint density at radius 2 is 2.17 bits per heavy atom. The first-order valence-electron chi connectivity index (χ1n) is 4.10. The van der Waals surface area contributed by atoms with Crippen molar-refractivity contribution in [2.45, 2.75) is 26.7 Å². The highest BCUT2D eigenvalue weighted by Crippen LogP contribution is 2.09. The zero-order chi connectivity index (χ0) is 9.14. The summed E-state index contributed by atoms with van der Waals surface area (Å²) in [7, 11) is 0. The minimum atomic E-state index is 0.272. The minimum Gasteiger partial charge on any atom is -0.366 e. The van der Waals surface area contributed by atoms with Crippen molar-refractivity contribution in [1.82, 2.24) is 14.9 Å². The average Bonchev–Trinajstić information content (AvgIpc) is 2.36. The summed E-state index contributed by atoms with van der Waals surface area (Å²) in [6.07, 6.45) is 1.93. The quantitative estimate of drug-likeness (QED) is 0.631. The third-order valence-corrected chi connectivity index (χ3v) is 2.02. The maximum absolute atomic E-state index is 5.57. The second-order valence-corrected chi connectivity index (χ2v) is 3.06. The van der Waals surface area contributed by atoms with Gasteiger partial charge in [0.2, 0.25) is 5.95 Å². The normalized spacial score (nSPS) is 13.2. The van der Waals surface area contributed by atoms with Crippen LogP contribution in [0.4, 0.5) is 5.95 Å². The van der Waals surface area contributed by atoms with E-state index in [1.54, 1.807) is 0 Å². The fourth-order valence-electron chi connectivity index (χ4n) is 0.933. The van der Waals surface area contributed by atoms with Crippen LogP contribution in [0.15, 0.2) is 0 Å². The van der Waals surface area contributed by atoms with Crippen LogP contribution in [-0.4, -0.2) is 14.9 Å². The lowest BCUT2D eigenvalue weighted by Gasteiger charge is -2.06. The number of aromatic nitrogens is 3. The molecule has 0 spiro atoms. The van der Waals surface area contributed by atoms with Gasteiger partial charge in [-0.3, -0.25) is 0 Å². The molecule has 0 radical (unpaired) electrons. The molecule has 1 aromatic heterocycles. The van der Waals surface area contributed by atoms with Crippen LogP contribution >= 0.6 is 0 Å². The van der Waals surface area contributed by atoms with E-state index in [-0.39, 0.29) is 5.95 Å². The number of hydrogen-bond acceptors (Lipinski definition) is 4. The molecular weight excluding hydrogens is 154 g/mol. The first-order valence-corrected chi connectivity index (χ1v) is 4.10. The zero-order valence-electron chi connectivity index (χ0n) is 7.49. The summed E-state index contributed by atoms with van der Waals surface area (Å²) >= 11 is 0. The highest BCUT2D eigenvalue weighted by molar-refractivity contribution is 5.17. The Balaban J connectivity index is 2.69. The van der Waals surface area contributed by atoms with E-state index in [1.165, 1.54) is 4.68 Å². The van der Waals surface area contributed by atoms with Gasteiger partial charge in [-0.1, -0.05) is 20.3 Å². The molecule has 4 N–H and O–H groups in total. The Morgan fingerprint density at radius 3 is 2.58 bits per heavy atom. The zero-order valence-corrected chi connectivity index (χ0v) is 7.49. The van der Waals surface area contributed by atoms with Crippen LogP contribution in [0.5, 0.6) is 0 Å². The van der Waals surface area contributed by atoms with Gasteiger partial charge in [0.1, 0.15) is 0 Å². The van der Waals surface area contributed by atoms with Crippen molar-refractivity contribution in [3.63, 3.8) is 0 Å². The van der Waals surface area contributed by atoms with Gasteiger partial charge in [0.05, 0.1) is 0 Å². The molecule has 0 saturated heterocycles. The molecule has 1 atom stereocenters. The molecule has 12 heavy (non-hydrogen) atoms. The van der Waals surface area contributed by atoms with E-state index in [2.05, 4.69) is 24.0 Å².